The molecular weight excluding hydrogens is 386 g/mol. The van der Waals surface area contributed by atoms with Crippen LogP contribution in [0.5, 0.6) is 5.75 Å². The standard InChI is InChI=1S/C15H14BrNO5S/c16-12-3-1-11(2-4-12)10-22-13-5-7-14(8-6-13)23(20,21)17-9-15(18)19/h1-8,17H,9-10H2,(H,18,19). The average Bonchev–Trinajstić information content (AvgIpc) is 2.53. The van der Waals surface area contributed by atoms with Gasteiger partial charge in [0.15, 0.2) is 0 Å². The zero-order chi connectivity index (χ0) is 16.9. The van der Waals surface area contributed by atoms with Crippen LogP contribution < -0.4 is 9.46 Å². The van der Waals surface area contributed by atoms with Crippen LogP contribution in [-0.2, 0) is 21.4 Å². The third-order valence-corrected chi connectivity index (χ3v) is 4.81. The highest BCUT2D eigenvalue weighted by Crippen LogP contribution is 2.18. The van der Waals surface area contributed by atoms with E-state index in [2.05, 4.69) is 15.9 Å². The fourth-order valence-corrected chi connectivity index (χ4v) is 2.94. The Bertz CT molecular complexity index is 773. The summed E-state index contributed by atoms with van der Waals surface area (Å²) < 4.78 is 32.2. The third kappa shape index (κ3) is 5.34. The van der Waals surface area contributed by atoms with Crippen LogP contribution >= 0.6 is 15.9 Å². The Hall–Kier alpha value is -1.90. The Balaban J connectivity index is 1.99. The van der Waals surface area contributed by atoms with Gasteiger partial charge in [-0.2, -0.15) is 4.72 Å². The van der Waals surface area contributed by atoms with Gasteiger partial charge in [0.2, 0.25) is 10.0 Å². The number of hydrogen-bond donors (Lipinski definition) is 2. The number of carboxylic acid groups (broad SMARTS) is 1. The summed E-state index contributed by atoms with van der Waals surface area (Å²) in [5.41, 5.74) is 0.980. The molecule has 0 radical (unpaired) electrons. The SMILES string of the molecule is O=C(O)CNS(=O)(=O)c1ccc(OCc2ccc(Br)cc2)cc1. The number of sulfonamides is 1. The predicted molar refractivity (Wildman–Crippen MR) is 87.7 cm³/mol. The van der Waals surface area contributed by atoms with Crippen molar-refractivity contribution in [3.63, 3.8) is 0 Å². The van der Waals surface area contributed by atoms with E-state index in [4.69, 9.17) is 9.84 Å². The van der Waals surface area contributed by atoms with Crippen molar-refractivity contribution in [2.45, 2.75) is 11.5 Å². The van der Waals surface area contributed by atoms with E-state index < -0.39 is 22.5 Å². The van der Waals surface area contributed by atoms with Crippen LogP contribution in [0.15, 0.2) is 57.9 Å². The van der Waals surface area contributed by atoms with Crippen LogP contribution in [0.3, 0.4) is 0 Å². The number of nitrogens with one attached hydrogen (secondary N) is 1. The summed E-state index contributed by atoms with van der Waals surface area (Å²) in [5.74, 6) is -0.729. The fraction of sp³-hybridized carbons (Fsp3) is 0.133. The molecule has 0 spiro atoms. The Kier molecular flexibility index (Phi) is 5.75. The topological polar surface area (TPSA) is 92.7 Å². The van der Waals surface area contributed by atoms with E-state index >= 15 is 0 Å². The van der Waals surface area contributed by atoms with Gasteiger partial charge in [-0.15, -0.1) is 0 Å². The zero-order valence-electron chi connectivity index (χ0n) is 11.9. The zero-order valence-corrected chi connectivity index (χ0v) is 14.3. The maximum Gasteiger partial charge on any atom is 0.318 e. The molecule has 0 saturated heterocycles. The summed E-state index contributed by atoms with van der Waals surface area (Å²) in [6.45, 7) is -0.305. The summed E-state index contributed by atoms with van der Waals surface area (Å²) in [4.78, 5) is 10.4. The first-order chi connectivity index (χ1) is 10.9. The first-order valence-corrected chi connectivity index (χ1v) is 8.83. The minimum atomic E-state index is -3.84. The summed E-state index contributed by atoms with van der Waals surface area (Å²) >= 11 is 3.35. The normalized spacial score (nSPS) is 11.2. The van der Waals surface area contributed by atoms with E-state index in [-0.39, 0.29) is 4.90 Å². The molecule has 2 aromatic carbocycles. The Morgan fingerprint density at radius 3 is 2.26 bits per heavy atom. The molecule has 0 aliphatic carbocycles. The van der Waals surface area contributed by atoms with Gasteiger partial charge < -0.3 is 9.84 Å². The van der Waals surface area contributed by atoms with Gasteiger partial charge in [-0.05, 0) is 42.0 Å². The number of rotatable bonds is 7. The average molecular weight is 400 g/mol. The molecule has 23 heavy (non-hydrogen) atoms. The molecule has 0 atom stereocenters. The summed E-state index contributed by atoms with van der Waals surface area (Å²) in [6, 6.07) is 13.4. The second-order valence-electron chi connectivity index (χ2n) is 4.60. The second kappa shape index (κ2) is 7.58. The highest BCUT2D eigenvalue weighted by atomic mass is 79.9. The Labute approximate surface area is 142 Å². The van der Waals surface area contributed by atoms with Crippen molar-refractivity contribution in [2.75, 3.05) is 6.54 Å². The lowest BCUT2D eigenvalue weighted by Gasteiger charge is -2.08. The number of ether oxygens (including phenoxy) is 1. The third-order valence-electron chi connectivity index (χ3n) is 2.87. The number of benzene rings is 2. The Morgan fingerprint density at radius 1 is 1.09 bits per heavy atom. The molecule has 0 aliphatic heterocycles. The van der Waals surface area contributed by atoms with Crippen molar-refractivity contribution >= 4 is 31.9 Å². The van der Waals surface area contributed by atoms with Gasteiger partial charge in [0.05, 0.1) is 4.90 Å². The minimum absolute atomic E-state index is 0.0188. The fourth-order valence-electron chi connectivity index (χ4n) is 1.70. The summed E-state index contributed by atoms with van der Waals surface area (Å²) in [6.07, 6.45) is 0. The van der Waals surface area contributed by atoms with Gasteiger partial charge in [-0.25, -0.2) is 8.42 Å². The largest absolute Gasteiger partial charge is 0.489 e. The van der Waals surface area contributed by atoms with Crippen molar-refractivity contribution in [1.29, 1.82) is 0 Å². The highest BCUT2D eigenvalue weighted by molar-refractivity contribution is 9.10. The number of aliphatic carboxylic acids is 1. The van der Waals surface area contributed by atoms with Gasteiger partial charge >= 0.3 is 5.97 Å². The molecule has 0 unspecified atom stereocenters. The van der Waals surface area contributed by atoms with Crippen molar-refractivity contribution in [3.05, 3.63) is 58.6 Å². The molecule has 2 N–H and O–H groups in total. The molecule has 0 bridgehead atoms. The summed E-state index contributed by atoms with van der Waals surface area (Å²) in [7, 11) is -3.84. The lowest BCUT2D eigenvalue weighted by Crippen LogP contribution is -2.29. The lowest BCUT2D eigenvalue weighted by molar-refractivity contribution is -0.135. The van der Waals surface area contributed by atoms with E-state index in [1.54, 1.807) is 0 Å². The van der Waals surface area contributed by atoms with Gasteiger partial charge in [-0.3, -0.25) is 4.79 Å². The van der Waals surface area contributed by atoms with Crippen LogP contribution in [0.25, 0.3) is 0 Å². The van der Waals surface area contributed by atoms with Crippen molar-refractivity contribution in [2.24, 2.45) is 0 Å². The molecule has 6 nitrogen and oxygen atoms in total. The molecule has 8 heteroatoms. The molecule has 0 saturated carbocycles. The molecule has 2 rings (SSSR count). The van der Waals surface area contributed by atoms with Crippen LogP contribution in [0.2, 0.25) is 0 Å². The quantitative estimate of drug-likeness (QED) is 0.745. The van der Waals surface area contributed by atoms with E-state index in [1.165, 1.54) is 24.3 Å². The number of halogens is 1. The number of carboxylic acids is 1. The van der Waals surface area contributed by atoms with Crippen molar-refractivity contribution < 1.29 is 23.1 Å². The maximum atomic E-state index is 11.8. The molecule has 0 heterocycles. The second-order valence-corrected chi connectivity index (χ2v) is 7.29. The molecular formula is C15H14BrNO5S. The van der Waals surface area contributed by atoms with Gasteiger partial charge in [0.1, 0.15) is 18.9 Å². The van der Waals surface area contributed by atoms with Crippen LogP contribution in [-0.4, -0.2) is 26.0 Å². The molecule has 122 valence electrons. The number of carbonyl (C=O) groups is 1. The predicted octanol–water partition coefficient (Wildman–Crippen LogP) is 2.39. The van der Waals surface area contributed by atoms with E-state index in [1.807, 2.05) is 29.0 Å². The number of hydrogen-bond acceptors (Lipinski definition) is 4. The van der Waals surface area contributed by atoms with Gasteiger partial charge in [0.25, 0.3) is 0 Å². The van der Waals surface area contributed by atoms with E-state index in [0.29, 0.717) is 12.4 Å². The molecule has 0 aliphatic rings. The Morgan fingerprint density at radius 2 is 1.70 bits per heavy atom. The van der Waals surface area contributed by atoms with Gasteiger partial charge in [0, 0.05) is 4.47 Å². The monoisotopic (exact) mass is 399 g/mol. The van der Waals surface area contributed by atoms with Gasteiger partial charge in [-0.1, -0.05) is 28.1 Å². The first kappa shape index (κ1) is 17.5. The molecule has 0 fully saturated rings. The minimum Gasteiger partial charge on any atom is -0.489 e. The highest BCUT2D eigenvalue weighted by Gasteiger charge is 2.15. The lowest BCUT2D eigenvalue weighted by atomic mass is 10.2. The van der Waals surface area contributed by atoms with E-state index in [0.717, 1.165) is 10.0 Å². The summed E-state index contributed by atoms with van der Waals surface area (Å²) in [5, 5.41) is 8.51. The van der Waals surface area contributed by atoms with Crippen molar-refractivity contribution in [3.8, 4) is 5.75 Å². The van der Waals surface area contributed by atoms with Crippen LogP contribution in [0, 0.1) is 0 Å². The molecule has 2 aromatic rings. The smallest absolute Gasteiger partial charge is 0.318 e. The molecule has 0 aromatic heterocycles. The maximum absolute atomic E-state index is 11.8. The molecule has 0 amide bonds. The van der Waals surface area contributed by atoms with Crippen LogP contribution in [0.4, 0.5) is 0 Å². The first-order valence-electron chi connectivity index (χ1n) is 6.55. The van der Waals surface area contributed by atoms with Crippen molar-refractivity contribution in [1.82, 2.24) is 4.72 Å². The van der Waals surface area contributed by atoms with E-state index in [9.17, 15) is 13.2 Å². The van der Waals surface area contributed by atoms with Crippen LogP contribution in [0.1, 0.15) is 5.56 Å².